The summed E-state index contributed by atoms with van der Waals surface area (Å²) in [4.78, 5) is 12.4. The molecule has 0 atom stereocenters. The zero-order valence-corrected chi connectivity index (χ0v) is 14.0. The van der Waals surface area contributed by atoms with Crippen LogP contribution >= 0.6 is 11.6 Å². The van der Waals surface area contributed by atoms with Crippen LogP contribution in [0.5, 0.6) is 5.75 Å². The molecule has 24 heavy (non-hydrogen) atoms. The number of anilines is 1. The van der Waals surface area contributed by atoms with Gasteiger partial charge in [0.15, 0.2) is 0 Å². The first kappa shape index (κ1) is 16.1. The number of carbonyl (C=O) groups excluding carboxylic acids is 1. The summed E-state index contributed by atoms with van der Waals surface area (Å²) in [5.41, 5.74) is 3.99. The number of phenols is 1. The molecule has 3 aromatic rings. The minimum atomic E-state index is -0.302. The smallest absolute Gasteiger partial charge is 0.273 e. The first-order chi connectivity index (χ1) is 11.4. The molecule has 2 aromatic carbocycles. The number of benzene rings is 2. The maximum atomic E-state index is 12.4. The average molecular weight is 342 g/mol. The molecule has 0 aliphatic rings. The Bertz CT molecular complexity index is 918. The zero-order chi connectivity index (χ0) is 17.3. The summed E-state index contributed by atoms with van der Waals surface area (Å²) in [6.45, 7) is 3.89. The first-order valence-electron chi connectivity index (χ1n) is 7.37. The summed E-state index contributed by atoms with van der Waals surface area (Å²) in [5.74, 6) is -0.253. The Hall–Kier alpha value is -2.79. The van der Waals surface area contributed by atoms with E-state index in [1.54, 1.807) is 18.2 Å². The standard InChI is InChI=1S/C18H16ClN3O2/c1-10-3-4-11(2)14(7-10)20-18(24)16-9-15(21-22-16)13-8-12(19)5-6-17(13)23/h3-9,23H,1-2H3,(H,20,24)(H,21,22). The van der Waals surface area contributed by atoms with Crippen LogP contribution in [-0.2, 0) is 0 Å². The zero-order valence-electron chi connectivity index (χ0n) is 13.2. The van der Waals surface area contributed by atoms with Crippen molar-refractivity contribution in [2.45, 2.75) is 13.8 Å². The third kappa shape index (κ3) is 3.26. The maximum absolute atomic E-state index is 12.4. The molecular formula is C18H16ClN3O2. The lowest BCUT2D eigenvalue weighted by Gasteiger charge is -2.08. The van der Waals surface area contributed by atoms with Crippen molar-refractivity contribution in [2.75, 3.05) is 5.32 Å². The molecule has 0 saturated heterocycles. The number of phenolic OH excluding ortho intramolecular Hbond substituents is 1. The van der Waals surface area contributed by atoms with Gasteiger partial charge in [-0.15, -0.1) is 0 Å². The SMILES string of the molecule is Cc1ccc(C)c(NC(=O)c2cc(-c3cc(Cl)ccc3O)n[nH]2)c1. The highest BCUT2D eigenvalue weighted by Gasteiger charge is 2.14. The van der Waals surface area contributed by atoms with E-state index in [4.69, 9.17) is 11.6 Å². The maximum Gasteiger partial charge on any atom is 0.273 e. The lowest BCUT2D eigenvalue weighted by Crippen LogP contribution is -2.13. The summed E-state index contributed by atoms with van der Waals surface area (Å²) in [6, 6.07) is 12.1. The molecule has 5 nitrogen and oxygen atoms in total. The number of nitrogens with zero attached hydrogens (tertiary/aromatic N) is 1. The van der Waals surface area contributed by atoms with Crippen LogP contribution in [0.3, 0.4) is 0 Å². The number of halogens is 1. The second-order valence-corrected chi connectivity index (χ2v) is 6.04. The van der Waals surface area contributed by atoms with Crippen molar-refractivity contribution in [3.63, 3.8) is 0 Å². The van der Waals surface area contributed by atoms with Crippen LogP contribution in [0.25, 0.3) is 11.3 Å². The molecule has 6 heteroatoms. The quantitative estimate of drug-likeness (QED) is 0.664. The number of hydrogen-bond acceptors (Lipinski definition) is 3. The minimum Gasteiger partial charge on any atom is -0.507 e. The van der Waals surface area contributed by atoms with Crippen LogP contribution in [-0.4, -0.2) is 21.2 Å². The van der Waals surface area contributed by atoms with E-state index in [1.807, 2.05) is 32.0 Å². The normalized spacial score (nSPS) is 10.6. The topological polar surface area (TPSA) is 78.0 Å². The van der Waals surface area contributed by atoms with Gasteiger partial charge < -0.3 is 10.4 Å². The number of aryl methyl sites for hydroxylation is 2. The Kier molecular flexibility index (Phi) is 4.27. The molecule has 3 N–H and O–H groups in total. The summed E-state index contributed by atoms with van der Waals surface area (Å²) in [6.07, 6.45) is 0. The molecule has 0 radical (unpaired) electrons. The molecule has 0 fully saturated rings. The number of aromatic nitrogens is 2. The van der Waals surface area contributed by atoms with Gasteiger partial charge in [0.05, 0.1) is 5.69 Å². The molecule has 0 aliphatic heterocycles. The van der Waals surface area contributed by atoms with E-state index >= 15 is 0 Å². The van der Waals surface area contributed by atoms with Crippen LogP contribution in [0.15, 0.2) is 42.5 Å². The second kappa shape index (κ2) is 6.37. The van der Waals surface area contributed by atoms with Crippen molar-refractivity contribution in [3.8, 4) is 17.0 Å². The van der Waals surface area contributed by atoms with E-state index < -0.39 is 0 Å². The Morgan fingerprint density at radius 1 is 1.17 bits per heavy atom. The van der Waals surface area contributed by atoms with Gasteiger partial charge in [-0.05, 0) is 55.3 Å². The number of carbonyl (C=O) groups is 1. The second-order valence-electron chi connectivity index (χ2n) is 5.60. The number of aromatic amines is 1. The Morgan fingerprint density at radius 3 is 2.75 bits per heavy atom. The van der Waals surface area contributed by atoms with Gasteiger partial charge in [-0.25, -0.2) is 0 Å². The third-order valence-corrected chi connectivity index (χ3v) is 3.93. The first-order valence-corrected chi connectivity index (χ1v) is 7.75. The molecule has 122 valence electrons. The molecule has 0 unspecified atom stereocenters. The summed E-state index contributed by atoms with van der Waals surface area (Å²) < 4.78 is 0. The lowest BCUT2D eigenvalue weighted by atomic mass is 10.1. The van der Waals surface area contributed by atoms with E-state index in [-0.39, 0.29) is 11.7 Å². The van der Waals surface area contributed by atoms with E-state index in [9.17, 15) is 9.90 Å². The van der Waals surface area contributed by atoms with E-state index in [0.717, 1.165) is 16.8 Å². The van der Waals surface area contributed by atoms with Gasteiger partial charge in [0.25, 0.3) is 5.91 Å². The van der Waals surface area contributed by atoms with Gasteiger partial charge in [-0.1, -0.05) is 23.7 Å². The number of H-pyrrole nitrogens is 1. The highest BCUT2D eigenvalue weighted by molar-refractivity contribution is 6.31. The Labute approximate surface area is 144 Å². The molecule has 1 amide bonds. The van der Waals surface area contributed by atoms with Crippen LogP contribution in [0.4, 0.5) is 5.69 Å². The van der Waals surface area contributed by atoms with E-state index in [0.29, 0.717) is 22.0 Å². The monoisotopic (exact) mass is 341 g/mol. The van der Waals surface area contributed by atoms with Gasteiger partial charge >= 0.3 is 0 Å². The predicted molar refractivity (Wildman–Crippen MR) is 94.6 cm³/mol. The van der Waals surface area contributed by atoms with Crippen molar-refractivity contribution in [1.29, 1.82) is 0 Å². The molecule has 0 aliphatic carbocycles. The van der Waals surface area contributed by atoms with Crippen LogP contribution < -0.4 is 5.32 Å². The van der Waals surface area contributed by atoms with Crippen molar-refractivity contribution >= 4 is 23.2 Å². The molecule has 1 aromatic heterocycles. The van der Waals surface area contributed by atoms with Gasteiger partial charge in [0, 0.05) is 16.3 Å². The fourth-order valence-corrected chi connectivity index (χ4v) is 2.52. The molecule has 0 saturated carbocycles. The highest BCUT2D eigenvalue weighted by atomic mass is 35.5. The fraction of sp³-hybridized carbons (Fsp3) is 0.111. The summed E-state index contributed by atoms with van der Waals surface area (Å²) in [5, 5.41) is 20.0. The van der Waals surface area contributed by atoms with E-state index in [1.165, 1.54) is 6.07 Å². The van der Waals surface area contributed by atoms with Crippen LogP contribution in [0.1, 0.15) is 21.6 Å². The predicted octanol–water partition coefficient (Wildman–Crippen LogP) is 4.30. The number of amides is 1. The molecule has 0 spiro atoms. The van der Waals surface area contributed by atoms with Crippen molar-refractivity contribution < 1.29 is 9.90 Å². The van der Waals surface area contributed by atoms with E-state index in [2.05, 4.69) is 15.5 Å². The minimum absolute atomic E-state index is 0.0485. The Morgan fingerprint density at radius 2 is 1.96 bits per heavy atom. The number of aromatic hydroxyl groups is 1. The molecule has 1 heterocycles. The molecular weight excluding hydrogens is 326 g/mol. The van der Waals surface area contributed by atoms with Gasteiger partial charge in [0.1, 0.15) is 11.4 Å². The van der Waals surface area contributed by atoms with Crippen LogP contribution in [0.2, 0.25) is 5.02 Å². The number of hydrogen-bond donors (Lipinski definition) is 3. The van der Waals surface area contributed by atoms with Crippen molar-refractivity contribution in [1.82, 2.24) is 10.2 Å². The van der Waals surface area contributed by atoms with Crippen LogP contribution in [0, 0.1) is 13.8 Å². The average Bonchev–Trinajstić information content (AvgIpc) is 3.03. The molecule has 0 bridgehead atoms. The number of rotatable bonds is 3. The summed E-state index contributed by atoms with van der Waals surface area (Å²) >= 11 is 5.95. The molecule has 3 rings (SSSR count). The fourth-order valence-electron chi connectivity index (χ4n) is 2.35. The van der Waals surface area contributed by atoms with Gasteiger partial charge in [0.2, 0.25) is 0 Å². The third-order valence-electron chi connectivity index (χ3n) is 3.70. The Balaban J connectivity index is 1.86. The van der Waals surface area contributed by atoms with Crippen molar-refractivity contribution in [3.05, 3.63) is 64.3 Å². The van der Waals surface area contributed by atoms with Gasteiger partial charge in [-0.3, -0.25) is 9.89 Å². The summed E-state index contributed by atoms with van der Waals surface area (Å²) in [7, 11) is 0. The largest absolute Gasteiger partial charge is 0.507 e. The highest BCUT2D eigenvalue weighted by Crippen LogP contribution is 2.30. The lowest BCUT2D eigenvalue weighted by molar-refractivity contribution is 0.102. The van der Waals surface area contributed by atoms with Crippen molar-refractivity contribution in [2.24, 2.45) is 0 Å². The van der Waals surface area contributed by atoms with Gasteiger partial charge in [-0.2, -0.15) is 5.10 Å². The number of nitrogens with one attached hydrogen (secondary N) is 2.